The standard InChI is InChI=1S/C23H27N5O/c1-2-4-17-15-26-21-7-6-18(13-20(17)21)28-23(29)19-5-3-10-25-22(19)27-14-16-8-11-24-12-9-16/h3,5-11,13,15,22,24-27H,2,4,12,14H2,1H3,(H,28,29). The van der Waals surface area contributed by atoms with Crippen molar-refractivity contribution in [3.8, 4) is 0 Å². The molecule has 0 radical (unpaired) electrons. The molecule has 1 aromatic carbocycles. The number of H-pyrrole nitrogens is 1. The summed E-state index contributed by atoms with van der Waals surface area (Å²) in [7, 11) is 0. The van der Waals surface area contributed by atoms with Gasteiger partial charge in [0, 0.05) is 35.9 Å². The van der Waals surface area contributed by atoms with Gasteiger partial charge in [-0.3, -0.25) is 10.1 Å². The number of benzene rings is 1. The minimum atomic E-state index is -0.240. The first-order chi connectivity index (χ1) is 14.2. The van der Waals surface area contributed by atoms with E-state index in [0.717, 1.165) is 30.6 Å². The molecule has 1 atom stereocenters. The molecular weight excluding hydrogens is 362 g/mol. The Kier molecular flexibility index (Phi) is 5.81. The van der Waals surface area contributed by atoms with Crippen molar-refractivity contribution in [3.05, 3.63) is 77.8 Å². The number of carbonyl (C=O) groups is 1. The van der Waals surface area contributed by atoms with Crippen LogP contribution in [0.1, 0.15) is 18.9 Å². The fourth-order valence-corrected chi connectivity index (χ4v) is 3.64. The molecule has 5 N–H and O–H groups in total. The average molecular weight is 390 g/mol. The molecule has 1 amide bonds. The molecule has 29 heavy (non-hydrogen) atoms. The number of rotatable bonds is 7. The highest BCUT2D eigenvalue weighted by atomic mass is 16.1. The van der Waals surface area contributed by atoms with E-state index in [0.29, 0.717) is 12.1 Å². The molecule has 1 aromatic heterocycles. The first-order valence-corrected chi connectivity index (χ1v) is 10.1. The lowest BCUT2D eigenvalue weighted by molar-refractivity contribution is -0.113. The van der Waals surface area contributed by atoms with E-state index in [9.17, 15) is 4.79 Å². The van der Waals surface area contributed by atoms with E-state index in [4.69, 9.17) is 0 Å². The SMILES string of the molecule is CCCc1c[nH]c2ccc(NC(=O)C3=CC=CNC3NCC3=CCNC=C3)cc12. The number of hydrogen-bond acceptors (Lipinski definition) is 4. The van der Waals surface area contributed by atoms with Crippen LogP contribution in [0.3, 0.4) is 0 Å². The van der Waals surface area contributed by atoms with Crippen LogP contribution < -0.4 is 21.3 Å². The minimum Gasteiger partial charge on any atom is -0.387 e. The summed E-state index contributed by atoms with van der Waals surface area (Å²) in [6.07, 6.45) is 15.6. The van der Waals surface area contributed by atoms with Crippen LogP contribution in [0.15, 0.2) is 72.2 Å². The van der Waals surface area contributed by atoms with E-state index in [1.807, 2.05) is 42.8 Å². The molecule has 0 fully saturated rings. The normalized spacial score (nSPS) is 18.0. The van der Waals surface area contributed by atoms with Gasteiger partial charge in [-0.05, 0) is 66.4 Å². The molecule has 0 aliphatic carbocycles. The largest absolute Gasteiger partial charge is 0.387 e. The van der Waals surface area contributed by atoms with Gasteiger partial charge in [-0.2, -0.15) is 0 Å². The zero-order chi connectivity index (χ0) is 20.1. The summed E-state index contributed by atoms with van der Waals surface area (Å²) in [5, 5.41) is 14.0. The molecule has 0 spiro atoms. The molecule has 2 aliphatic rings. The van der Waals surface area contributed by atoms with Gasteiger partial charge in [0.15, 0.2) is 0 Å². The number of aryl methyl sites for hydroxylation is 1. The van der Waals surface area contributed by atoms with Crippen molar-refractivity contribution in [1.29, 1.82) is 0 Å². The molecule has 6 heteroatoms. The number of amides is 1. The van der Waals surface area contributed by atoms with Crippen LogP contribution >= 0.6 is 0 Å². The number of nitrogens with one attached hydrogen (secondary N) is 5. The van der Waals surface area contributed by atoms with Crippen molar-refractivity contribution in [3.63, 3.8) is 0 Å². The smallest absolute Gasteiger partial charge is 0.255 e. The third kappa shape index (κ3) is 4.43. The Balaban J connectivity index is 1.45. The third-order valence-corrected chi connectivity index (χ3v) is 5.16. The topological polar surface area (TPSA) is 81.0 Å². The Morgan fingerprint density at radius 2 is 2.21 bits per heavy atom. The van der Waals surface area contributed by atoms with Gasteiger partial charge >= 0.3 is 0 Å². The summed E-state index contributed by atoms with van der Waals surface area (Å²) in [4.78, 5) is 16.3. The molecule has 1 unspecified atom stereocenters. The van der Waals surface area contributed by atoms with Crippen molar-refractivity contribution >= 4 is 22.5 Å². The monoisotopic (exact) mass is 389 g/mol. The van der Waals surface area contributed by atoms with Gasteiger partial charge in [-0.1, -0.05) is 19.4 Å². The highest BCUT2D eigenvalue weighted by Gasteiger charge is 2.21. The molecule has 0 saturated carbocycles. The number of fused-ring (bicyclic) bond motifs is 1. The zero-order valence-electron chi connectivity index (χ0n) is 16.6. The Morgan fingerprint density at radius 3 is 3.03 bits per heavy atom. The van der Waals surface area contributed by atoms with Crippen LogP contribution in [0.2, 0.25) is 0 Å². The summed E-state index contributed by atoms with van der Waals surface area (Å²) in [6.45, 7) is 3.68. The highest BCUT2D eigenvalue weighted by Crippen LogP contribution is 2.24. The molecule has 150 valence electrons. The van der Waals surface area contributed by atoms with Crippen molar-refractivity contribution in [2.45, 2.75) is 25.9 Å². The number of carbonyl (C=O) groups excluding carboxylic acids is 1. The second-order valence-corrected chi connectivity index (χ2v) is 7.26. The average Bonchev–Trinajstić information content (AvgIpc) is 3.16. The van der Waals surface area contributed by atoms with Crippen molar-refractivity contribution in [1.82, 2.24) is 20.9 Å². The van der Waals surface area contributed by atoms with Gasteiger partial charge in [0.25, 0.3) is 5.91 Å². The number of allylic oxidation sites excluding steroid dienone is 2. The fraction of sp³-hybridized carbons (Fsp3) is 0.261. The predicted molar refractivity (Wildman–Crippen MR) is 118 cm³/mol. The maximum atomic E-state index is 13.0. The Bertz CT molecular complexity index is 1010. The summed E-state index contributed by atoms with van der Waals surface area (Å²) in [5.41, 5.74) is 5.03. The first-order valence-electron chi connectivity index (χ1n) is 10.1. The number of anilines is 1. The first kappa shape index (κ1) is 19.1. The number of dihydropyridines is 2. The van der Waals surface area contributed by atoms with Gasteiger partial charge in [-0.25, -0.2) is 0 Å². The Hall–Kier alpha value is -3.25. The summed E-state index contributed by atoms with van der Waals surface area (Å²) in [5.74, 6) is -0.110. The second-order valence-electron chi connectivity index (χ2n) is 7.26. The van der Waals surface area contributed by atoms with Crippen molar-refractivity contribution < 1.29 is 4.79 Å². The van der Waals surface area contributed by atoms with Gasteiger partial charge in [0.05, 0.1) is 5.57 Å². The Morgan fingerprint density at radius 1 is 1.28 bits per heavy atom. The minimum absolute atomic E-state index is 0.110. The van der Waals surface area contributed by atoms with Crippen LogP contribution in [-0.2, 0) is 11.2 Å². The van der Waals surface area contributed by atoms with E-state index in [2.05, 4.69) is 51.5 Å². The van der Waals surface area contributed by atoms with Crippen molar-refractivity contribution in [2.75, 3.05) is 18.4 Å². The maximum absolute atomic E-state index is 13.0. The lowest BCUT2D eigenvalue weighted by atomic mass is 10.1. The maximum Gasteiger partial charge on any atom is 0.255 e. The van der Waals surface area contributed by atoms with Crippen LogP contribution in [0.5, 0.6) is 0 Å². The molecule has 0 bridgehead atoms. The molecule has 2 aliphatic heterocycles. The van der Waals surface area contributed by atoms with Gasteiger partial charge < -0.3 is 20.9 Å². The van der Waals surface area contributed by atoms with Gasteiger partial charge in [-0.15, -0.1) is 0 Å². The van der Waals surface area contributed by atoms with Gasteiger partial charge in [0.2, 0.25) is 0 Å². The summed E-state index contributed by atoms with van der Waals surface area (Å²) >= 11 is 0. The molecule has 2 aromatic rings. The lowest BCUT2D eigenvalue weighted by Gasteiger charge is -2.24. The van der Waals surface area contributed by atoms with Crippen LogP contribution in [0.25, 0.3) is 10.9 Å². The van der Waals surface area contributed by atoms with Crippen LogP contribution in [0, 0.1) is 0 Å². The van der Waals surface area contributed by atoms with E-state index in [-0.39, 0.29) is 12.1 Å². The molecule has 3 heterocycles. The van der Waals surface area contributed by atoms with E-state index < -0.39 is 0 Å². The lowest BCUT2D eigenvalue weighted by Crippen LogP contribution is -2.46. The summed E-state index contributed by atoms with van der Waals surface area (Å²) in [6, 6.07) is 6.00. The molecular formula is C23H27N5O. The Labute approximate surface area is 170 Å². The van der Waals surface area contributed by atoms with Gasteiger partial charge in [0.1, 0.15) is 6.17 Å². The predicted octanol–water partition coefficient (Wildman–Crippen LogP) is 3.06. The van der Waals surface area contributed by atoms with E-state index in [1.165, 1.54) is 16.5 Å². The van der Waals surface area contributed by atoms with Crippen molar-refractivity contribution in [2.24, 2.45) is 0 Å². The van der Waals surface area contributed by atoms with E-state index in [1.54, 1.807) is 0 Å². The molecule has 6 nitrogen and oxygen atoms in total. The molecule has 0 saturated heterocycles. The number of aromatic nitrogens is 1. The fourth-order valence-electron chi connectivity index (χ4n) is 3.64. The number of aromatic amines is 1. The zero-order valence-corrected chi connectivity index (χ0v) is 16.6. The van der Waals surface area contributed by atoms with Crippen LogP contribution in [-0.4, -0.2) is 30.1 Å². The number of hydrogen-bond donors (Lipinski definition) is 5. The van der Waals surface area contributed by atoms with Crippen LogP contribution in [0.4, 0.5) is 5.69 Å². The van der Waals surface area contributed by atoms with E-state index >= 15 is 0 Å². The second kappa shape index (κ2) is 8.84. The quantitative estimate of drug-likeness (QED) is 0.504. The third-order valence-electron chi connectivity index (χ3n) is 5.16. The summed E-state index contributed by atoms with van der Waals surface area (Å²) < 4.78 is 0. The highest BCUT2D eigenvalue weighted by molar-refractivity contribution is 6.06. The molecule has 4 rings (SSSR count).